The molecule has 2 heterocycles. The minimum absolute atomic E-state index is 0. The third-order valence-corrected chi connectivity index (χ3v) is 4.84. The number of aryl methyl sites for hydroxylation is 1. The van der Waals surface area contributed by atoms with E-state index in [2.05, 4.69) is 42.3 Å². The highest BCUT2D eigenvalue weighted by Gasteiger charge is 2.23. The van der Waals surface area contributed by atoms with Gasteiger partial charge in [-0.3, -0.25) is 9.67 Å². The van der Waals surface area contributed by atoms with Crippen molar-refractivity contribution < 1.29 is 4.74 Å². The van der Waals surface area contributed by atoms with E-state index in [0.29, 0.717) is 18.0 Å². The van der Waals surface area contributed by atoms with E-state index in [-0.39, 0.29) is 24.0 Å². The van der Waals surface area contributed by atoms with Gasteiger partial charge in [-0.05, 0) is 45.6 Å². The molecule has 25 heavy (non-hydrogen) atoms. The average molecular weight is 461 g/mol. The van der Waals surface area contributed by atoms with Crippen molar-refractivity contribution >= 4 is 29.9 Å². The van der Waals surface area contributed by atoms with Gasteiger partial charge in [0.05, 0.1) is 12.3 Å². The molecular weight excluding hydrogens is 429 g/mol. The zero-order valence-corrected chi connectivity index (χ0v) is 18.0. The van der Waals surface area contributed by atoms with Crippen LogP contribution < -0.4 is 10.6 Å². The first-order chi connectivity index (χ1) is 11.7. The number of halogens is 1. The molecule has 0 aromatic carbocycles. The summed E-state index contributed by atoms with van der Waals surface area (Å²) in [6.45, 7) is 9.92. The number of aromatic nitrogens is 2. The van der Waals surface area contributed by atoms with Crippen molar-refractivity contribution in [1.82, 2.24) is 20.4 Å². The van der Waals surface area contributed by atoms with Gasteiger partial charge in [-0.1, -0.05) is 0 Å². The molecule has 142 valence electrons. The van der Waals surface area contributed by atoms with Gasteiger partial charge in [-0.2, -0.15) is 5.10 Å². The lowest BCUT2D eigenvalue weighted by atomic mass is 9.94. The van der Waals surface area contributed by atoms with E-state index in [4.69, 9.17) is 14.8 Å². The first-order valence-corrected chi connectivity index (χ1v) is 9.35. The average Bonchev–Trinajstić information content (AvgIpc) is 3.21. The number of ether oxygens (including phenoxy) is 1. The summed E-state index contributed by atoms with van der Waals surface area (Å²) in [6, 6.07) is 0.833. The molecule has 0 radical (unpaired) electrons. The molecule has 2 atom stereocenters. The smallest absolute Gasteiger partial charge is 0.191 e. The summed E-state index contributed by atoms with van der Waals surface area (Å²) in [5, 5.41) is 11.7. The second-order valence-corrected chi connectivity index (χ2v) is 7.21. The summed E-state index contributed by atoms with van der Waals surface area (Å²) in [4.78, 5) is 4.77. The molecule has 3 rings (SSSR count). The first-order valence-electron chi connectivity index (χ1n) is 9.35. The molecule has 6 nitrogen and oxygen atoms in total. The number of aliphatic imine (C=N–C) groups is 1. The van der Waals surface area contributed by atoms with Gasteiger partial charge in [0.15, 0.2) is 5.96 Å². The molecular formula is C18H32IN5O. The number of nitrogens with zero attached hydrogens (tertiary/aromatic N) is 3. The van der Waals surface area contributed by atoms with Crippen LogP contribution in [0.5, 0.6) is 0 Å². The van der Waals surface area contributed by atoms with Crippen LogP contribution in [-0.2, 0) is 17.6 Å². The number of fused-ring (bicyclic) bond motifs is 1. The Labute approximate surface area is 168 Å². The lowest BCUT2D eigenvalue weighted by Crippen LogP contribution is -2.46. The van der Waals surface area contributed by atoms with Crippen molar-refractivity contribution in [3.8, 4) is 0 Å². The highest BCUT2D eigenvalue weighted by atomic mass is 127. The van der Waals surface area contributed by atoms with E-state index in [1.54, 1.807) is 0 Å². The molecule has 2 N–H and O–H groups in total. The van der Waals surface area contributed by atoms with Crippen molar-refractivity contribution in [1.29, 1.82) is 0 Å². The fraction of sp³-hybridized carbons (Fsp3) is 0.778. The van der Waals surface area contributed by atoms with Gasteiger partial charge in [-0.15, -0.1) is 24.0 Å². The van der Waals surface area contributed by atoms with E-state index in [1.807, 2.05) is 0 Å². The highest BCUT2D eigenvalue weighted by Crippen LogP contribution is 2.21. The Hall–Kier alpha value is -0.830. The van der Waals surface area contributed by atoms with Gasteiger partial charge in [0, 0.05) is 50.3 Å². The maximum atomic E-state index is 5.44. The summed E-state index contributed by atoms with van der Waals surface area (Å²) in [7, 11) is 0. The number of rotatable bonds is 5. The van der Waals surface area contributed by atoms with Crippen molar-refractivity contribution in [3.05, 3.63) is 17.5 Å². The Balaban J connectivity index is 0.00000225. The molecule has 7 heteroatoms. The second kappa shape index (κ2) is 9.75. The molecule has 0 saturated carbocycles. The molecule has 0 spiro atoms. The van der Waals surface area contributed by atoms with Crippen LogP contribution in [0.1, 0.15) is 50.9 Å². The number of nitrogens with one attached hydrogen (secondary N) is 2. The Morgan fingerprint density at radius 3 is 2.96 bits per heavy atom. The zero-order valence-electron chi connectivity index (χ0n) is 15.6. The Bertz CT molecular complexity index is 566. The number of hydrogen-bond donors (Lipinski definition) is 2. The molecule has 1 aliphatic carbocycles. The minimum Gasteiger partial charge on any atom is -0.381 e. The second-order valence-electron chi connectivity index (χ2n) is 7.21. The lowest BCUT2D eigenvalue weighted by Gasteiger charge is -2.24. The maximum absolute atomic E-state index is 5.44. The number of hydrogen-bond acceptors (Lipinski definition) is 3. The maximum Gasteiger partial charge on any atom is 0.191 e. The van der Waals surface area contributed by atoms with Crippen molar-refractivity contribution in [2.75, 3.05) is 26.3 Å². The Morgan fingerprint density at radius 1 is 1.44 bits per heavy atom. The monoisotopic (exact) mass is 461 g/mol. The molecule has 0 amide bonds. The van der Waals surface area contributed by atoms with E-state index >= 15 is 0 Å². The zero-order chi connectivity index (χ0) is 16.9. The SMILES string of the molecule is CCNC(=NCC1CCOC1)NC1CCc2cn(C(C)C)nc2C1.I. The molecule has 2 unspecified atom stereocenters. The standard InChI is InChI=1S/C18H31N5O.HI/c1-4-19-18(20-10-14-7-8-24-12-14)21-16-6-5-15-11-23(13(2)3)22-17(15)9-16;/h11,13-14,16H,4-10,12H2,1-3H3,(H2,19,20,21);1H. The Morgan fingerprint density at radius 2 is 2.28 bits per heavy atom. The summed E-state index contributed by atoms with van der Waals surface area (Å²) in [5.41, 5.74) is 2.65. The predicted octanol–water partition coefficient (Wildman–Crippen LogP) is 2.53. The predicted molar refractivity (Wildman–Crippen MR) is 112 cm³/mol. The van der Waals surface area contributed by atoms with E-state index in [0.717, 1.165) is 57.9 Å². The molecule has 1 aliphatic heterocycles. The summed E-state index contributed by atoms with van der Waals surface area (Å²) >= 11 is 0. The molecule has 2 aliphatic rings. The van der Waals surface area contributed by atoms with Crippen LogP contribution in [0.2, 0.25) is 0 Å². The van der Waals surface area contributed by atoms with Gasteiger partial charge >= 0.3 is 0 Å². The largest absolute Gasteiger partial charge is 0.381 e. The van der Waals surface area contributed by atoms with E-state index < -0.39 is 0 Å². The van der Waals surface area contributed by atoms with Crippen molar-refractivity contribution in [2.24, 2.45) is 10.9 Å². The van der Waals surface area contributed by atoms with Gasteiger partial charge in [0.2, 0.25) is 0 Å². The van der Waals surface area contributed by atoms with Crippen LogP contribution in [0, 0.1) is 5.92 Å². The topological polar surface area (TPSA) is 63.5 Å². The van der Waals surface area contributed by atoms with Crippen LogP contribution in [0.25, 0.3) is 0 Å². The quantitative estimate of drug-likeness (QED) is 0.402. The molecule has 1 saturated heterocycles. The normalized spacial score (nSPS) is 23.3. The lowest BCUT2D eigenvalue weighted by molar-refractivity contribution is 0.187. The molecule has 1 fully saturated rings. The van der Waals surface area contributed by atoms with Crippen LogP contribution in [0.4, 0.5) is 0 Å². The summed E-state index contributed by atoms with van der Waals surface area (Å²) in [6.07, 6.45) is 6.55. The van der Waals surface area contributed by atoms with Gasteiger partial charge in [0.1, 0.15) is 0 Å². The van der Waals surface area contributed by atoms with Gasteiger partial charge in [0.25, 0.3) is 0 Å². The van der Waals surface area contributed by atoms with Crippen LogP contribution >= 0.6 is 24.0 Å². The molecule has 0 bridgehead atoms. The fourth-order valence-electron chi connectivity index (χ4n) is 3.36. The van der Waals surface area contributed by atoms with Crippen molar-refractivity contribution in [3.63, 3.8) is 0 Å². The fourth-order valence-corrected chi connectivity index (χ4v) is 3.36. The molecule has 1 aromatic heterocycles. The minimum atomic E-state index is 0. The van der Waals surface area contributed by atoms with Crippen molar-refractivity contribution in [2.45, 2.75) is 58.5 Å². The first kappa shape index (κ1) is 20.5. The summed E-state index contributed by atoms with van der Waals surface area (Å²) < 4.78 is 7.53. The van der Waals surface area contributed by atoms with E-state index in [9.17, 15) is 0 Å². The van der Waals surface area contributed by atoms with E-state index in [1.165, 1.54) is 11.3 Å². The Kier molecular flexibility index (Phi) is 7.99. The van der Waals surface area contributed by atoms with Crippen LogP contribution in [0.3, 0.4) is 0 Å². The van der Waals surface area contributed by atoms with Crippen LogP contribution in [-0.4, -0.2) is 48.1 Å². The summed E-state index contributed by atoms with van der Waals surface area (Å²) in [5.74, 6) is 1.50. The van der Waals surface area contributed by atoms with Gasteiger partial charge < -0.3 is 15.4 Å². The molecule has 1 aromatic rings. The third kappa shape index (κ3) is 5.57. The van der Waals surface area contributed by atoms with Crippen LogP contribution in [0.15, 0.2) is 11.2 Å². The van der Waals surface area contributed by atoms with Gasteiger partial charge in [-0.25, -0.2) is 0 Å². The highest BCUT2D eigenvalue weighted by molar-refractivity contribution is 14.0. The third-order valence-electron chi connectivity index (χ3n) is 4.84. The number of guanidine groups is 1.